The molecule has 0 aliphatic heterocycles. The largest absolute Gasteiger partial charge is 0.310 e. The smallest absolute Gasteiger partial charge is 0.0465 e. The molecule has 14 rings (SSSR count). The van der Waals surface area contributed by atoms with Crippen LogP contribution >= 0.6 is 0 Å². The Morgan fingerprint density at radius 2 is 0.500 bits per heavy atom. The van der Waals surface area contributed by atoms with Gasteiger partial charge in [-0.15, -0.1) is 0 Å². The van der Waals surface area contributed by atoms with Gasteiger partial charge in [-0.25, -0.2) is 0 Å². The molecule has 0 saturated carbocycles. The summed E-state index contributed by atoms with van der Waals surface area (Å²) in [5.74, 6) is 0. The molecular weight excluding hydrogens is 989 g/mol. The summed E-state index contributed by atoms with van der Waals surface area (Å²) in [6.45, 7) is 9.49. The molecule has 0 unspecified atom stereocenters. The van der Waals surface area contributed by atoms with Crippen LogP contribution in [0.3, 0.4) is 0 Å². The summed E-state index contributed by atoms with van der Waals surface area (Å²) < 4.78 is 0. The van der Waals surface area contributed by atoms with Gasteiger partial charge < -0.3 is 9.80 Å². The van der Waals surface area contributed by atoms with E-state index in [2.05, 4.69) is 341 Å². The molecule has 0 heterocycles. The third-order valence-electron chi connectivity index (χ3n) is 17.2. The van der Waals surface area contributed by atoms with E-state index in [0.29, 0.717) is 0 Å². The fraction of sp³-hybridized carbons (Fsp3) is 0.0750. The molecule has 0 amide bonds. The SMILES string of the molecule is CC1(C)c2cc(C=Cc3ccc4cc(C=Cc5ccc6c(c5)C(C)(C)c5cc(N(c7ccccc7)c7ccc(-c8ccccc8)cc7)ccc5-6)ccc4c3)ccc2-c2ccc(N(c3ccccc3)c3ccc(-c4ccccc4)cc3)cc21. The van der Waals surface area contributed by atoms with Gasteiger partial charge in [0, 0.05) is 45.0 Å². The van der Waals surface area contributed by atoms with Gasteiger partial charge in [0.15, 0.2) is 0 Å². The Labute approximate surface area is 482 Å². The van der Waals surface area contributed by atoms with Crippen molar-refractivity contribution in [3.63, 3.8) is 0 Å². The normalized spacial score (nSPS) is 13.5. The predicted octanol–water partition coefficient (Wildman–Crippen LogP) is 22.1. The van der Waals surface area contributed by atoms with Gasteiger partial charge in [0.2, 0.25) is 0 Å². The maximum atomic E-state index is 2.41. The highest BCUT2D eigenvalue weighted by Gasteiger charge is 2.38. The molecule has 12 aromatic carbocycles. The minimum atomic E-state index is -0.184. The van der Waals surface area contributed by atoms with Crippen LogP contribution in [-0.2, 0) is 10.8 Å². The Bertz CT molecular complexity index is 4110. The molecule has 82 heavy (non-hydrogen) atoms. The molecule has 0 spiro atoms. The Hall–Kier alpha value is -10.0. The van der Waals surface area contributed by atoms with Crippen LogP contribution in [-0.4, -0.2) is 0 Å². The number of nitrogens with zero attached hydrogens (tertiary/aromatic N) is 2. The number of para-hydroxylation sites is 2. The highest BCUT2D eigenvalue weighted by molar-refractivity contribution is 5.92. The van der Waals surface area contributed by atoms with Crippen molar-refractivity contribution < 1.29 is 0 Å². The topological polar surface area (TPSA) is 6.48 Å². The number of hydrogen-bond donors (Lipinski definition) is 0. The molecule has 2 nitrogen and oxygen atoms in total. The van der Waals surface area contributed by atoms with Gasteiger partial charge in [-0.05, 0) is 185 Å². The molecule has 0 aromatic heterocycles. The van der Waals surface area contributed by atoms with Crippen molar-refractivity contribution >= 4 is 69.2 Å². The first-order chi connectivity index (χ1) is 40.1. The molecule has 0 radical (unpaired) electrons. The molecule has 2 aliphatic carbocycles. The Morgan fingerprint density at radius 3 is 0.866 bits per heavy atom. The van der Waals surface area contributed by atoms with Crippen molar-refractivity contribution in [1.29, 1.82) is 0 Å². The van der Waals surface area contributed by atoms with Gasteiger partial charge in [0.1, 0.15) is 0 Å². The second-order valence-corrected chi connectivity index (χ2v) is 23.0. The fourth-order valence-corrected chi connectivity index (χ4v) is 12.8. The highest BCUT2D eigenvalue weighted by Crippen LogP contribution is 2.53. The van der Waals surface area contributed by atoms with E-state index in [0.717, 1.165) is 34.1 Å². The van der Waals surface area contributed by atoms with Crippen molar-refractivity contribution in [1.82, 2.24) is 0 Å². The average Bonchev–Trinajstić information content (AvgIpc) is 3.31. The zero-order valence-corrected chi connectivity index (χ0v) is 46.8. The lowest BCUT2D eigenvalue weighted by Gasteiger charge is -2.28. The van der Waals surface area contributed by atoms with E-state index in [4.69, 9.17) is 0 Å². The van der Waals surface area contributed by atoms with E-state index < -0.39 is 0 Å². The molecular formula is C80H62N2. The van der Waals surface area contributed by atoms with Gasteiger partial charge in [-0.1, -0.05) is 246 Å². The Balaban J connectivity index is 0.674. The number of rotatable bonds is 12. The zero-order valence-electron chi connectivity index (χ0n) is 46.8. The Kier molecular flexibility index (Phi) is 12.6. The van der Waals surface area contributed by atoms with Crippen LogP contribution in [0.1, 0.15) is 72.2 Å². The molecule has 0 N–H and O–H groups in total. The number of anilines is 6. The van der Waals surface area contributed by atoms with Crippen LogP contribution < -0.4 is 9.80 Å². The van der Waals surface area contributed by atoms with Crippen LogP contribution in [0, 0.1) is 0 Å². The highest BCUT2D eigenvalue weighted by atomic mass is 15.1. The first-order valence-electron chi connectivity index (χ1n) is 28.6. The molecule has 2 aliphatic rings. The van der Waals surface area contributed by atoms with Gasteiger partial charge in [0.25, 0.3) is 0 Å². The average molecular weight is 1050 g/mol. The van der Waals surface area contributed by atoms with Crippen LogP contribution in [0.4, 0.5) is 34.1 Å². The summed E-state index contributed by atoms with van der Waals surface area (Å²) in [7, 11) is 0. The van der Waals surface area contributed by atoms with Crippen molar-refractivity contribution in [2.24, 2.45) is 0 Å². The second kappa shape index (κ2) is 20.6. The van der Waals surface area contributed by atoms with Crippen LogP contribution in [0.2, 0.25) is 0 Å². The predicted molar refractivity (Wildman–Crippen MR) is 350 cm³/mol. The summed E-state index contributed by atoms with van der Waals surface area (Å²) in [6.07, 6.45) is 9.03. The van der Waals surface area contributed by atoms with Gasteiger partial charge in [-0.2, -0.15) is 0 Å². The van der Waals surface area contributed by atoms with Crippen molar-refractivity contribution in [3.8, 4) is 44.5 Å². The lowest BCUT2D eigenvalue weighted by Crippen LogP contribution is -2.16. The lowest BCUT2D eigenvalue weighted by atomic mass is 9.81. The maximum absolute atomic E-state index is 2.41. The molecule has 0 fully saturated rings. The van der Waals surface area contributed by atoms with Crippen LogP contribution in [0.5, 0.6) is 0 Å². The quantitative estimate of drug-likeness (QED) is 0.113. The van der Waals surface area contributed by atoms with E-state index in [1.165, 1.54) is 99.8 Å². The first kappa shape index (κ1) is 50.2. The molecule has 2 heteroatoms. The van der Waals surface area contributed by atoms with E-state index >= 15 is 0 Å². The minimum Gasteiger partial charge on any atom is -0.310 e. The number of benzene rings is 12. The number of fused-ring (bicyclic) bond motifs is 7. The molecule has 0 saturated heterocycles. The van der Waals surface area contributed by atoms with Gasteiger partial charge >= 0.3 is 0 Å². The standard InChI is InChI=1S/C80H62N2/c1-79(2)75-51-57(31-45-71(75)73-47-43-69(53-77(73)79)81(65-21-13-7-14-22-65)67-39-35-61(36-40-67)59-17-9-5-10-18-59)27-25-55-29-33-64-50-56(30-34-63(64)49-55)26-28-58-32-46-72-74-48-44-70(54-78(74)80(3,4)76(72)52-58)82(66-23-15-8-16-24-66)68-41-37-62(38-42-68)60-19-11-6-12-20-60/h5-54H,1-4H3. The summed E-state index contributed by atoms with van der Waals surface area (Å²) in [6, 6.07) is 102. The zero-order chi connectivity index (χ0) is 55.4. The molecule has 392 valence electrons. The van der Waals surface area contributed by atoms with Crippen molar-refractivity contribution in [2.75, 3.05) is 9.80 Å². The second-order valence-electron chi connectivity index (χ2n) is 23.0. The molecule has 0 bridgehead atoms. The van der Waals surface area contributed by atoms with E-state index in [1.54, 1.807) is 0 Å². The van der Waals surface area contributed by atoms with E-state index in [1.807, 2.05) is 0 Å². The number of hydrogen-bond acceptors (Lipinski definition) is 2. The van der Waals surface area contributed by atoms with Crippen LogP contribution in [0.25, 0.3) is 79.6 Å². The summed E-state index contributed by atoms with van der Waals surface area (Å²) in [5, 5.41) is 2.45. The Morgan fingerprint density at radius 1 is 0.232 bits per heavy atom. The maximum Gasteiger partial charge on any atom is 0.0465 e. The summed E-state index contributed by atoms with van der Waals surface area (Å²) >= 11 is 0. The molecule has 0 atom stereocenters. The van der Waals surface area contributed by atoms with E-state index in [9.17, 15) is 0 Å². The first-order valence-corrected chi connectivity index (χ1v) is 28.6. The third-order valence-corrected chi connectivity index (χ3v) is 17.2. The van der Waals surface area contributed by atoms with Crippen LogP contribution in [0.15, 0.2) is 279 Å². The summed E-state index contributed by atoms with van der Waals surface area (Å²) in [4.78, 5) is 4.75. The molecule has 12 aromatic rings. The summed E-state index contributed by atoms with van der Waals surface area (Å²) in [5.41, 5.74) is 26.7. The lowest BCUT2D eigenvalue weighted by molar-refractivity contribution is 0.660. The monoisotopic (exact) mass is 1050 g/mol. The van der Waals surface area contributed by atoms with E-state index in [-0.39, 0.29) is 10.8 Å². The van der Waals surface area contributed by atoms with Crippen molar-refractivity contribution in [3.05, 3.63) is 324 Å². The third kappa shape index (κ3) is 9.23. The fourth-order valence-electron chi connectivity index (χ4n) is 12.8. The van der Waals surface area contributed by atoms with Crippen molar-refractivity contribution in [2.45, 2.75) is 38.5 Å². The minimum absolute atomic E-state index is 0.184. The van der Waals surface area contributed by atoms with Gasteiger partial charge in [-0.3, -0.25) is 0 Å². The van der Waals surface area contributed by atoms with Gasteiger partial charge in [0.05, 0.1) is 0 Å².